The zero-order valence-electron chi connectivity index (χ0n) is 13.6. The molecule has 0 fully saturated rings. The van der Waals surface area contributed by atoms with Crippen LogP contribution in [0.25, 0.3) is 0 Å². The Kier molecular flexibility index (Phi) is 6.23. The van der Waals surface area contributed by atoms with Gasteiger partial charge in [-0.2, -0.15) is 0 Å². The lowest BCUT2D eigenvalue weighted by molar-refractivity contribution is -0.121. The van der Waals surface area contributed by atoms with Crippen LogP contribution >= 0.6 is 11.3 Å². The number of halogens is 1. The fourth-order valence-electron chi connectivity index (χ4n) is 2.40. The molecule has 0 aliphatic heterocycles. The number of amides is 1. The monoisotopic (exact) mass is 349 g/mol. The van der Waals surface area contributed by atoms with Crippen LogP contribution in [0.15, 0.2) is 30.3 Å². The second kappa shape index (κ2) is 8.17. The molecule has 0 bridgehead atoms. The molecule has 2 aromatic rings. The Balaban J connectivity index is 1.79. The van der Waals surface area contributed by atoms with Gasteiger partial charge in [-0.1, -0.05) is 12.1 Å². The Morgan fingerprint density at radius 2 is 2.00 bits per heavy atom. The van der Waals surface area contributed by atoms with Crippen molar-refractivity contribution in [2.75, 3.05) is 6.54 Å². The smallest absolute Gasteiger partial charge is 0.220 e. The molecule has 0 aliphatic carbocycles. The van der Waals surface area contributed by atoms with Crippen molar-refractivity contribution in [3.63, 3.8) is 0 Å². The zero-order chi connectivity index (χ0) is 17.7. The average Bonchev–Trinajstić information content (AvgIpc) is 2.88. The highest BCUT2D eigenvalue weighted by atomic mass is 32.1. The van der Waals surface area contributed by atoms with Crippen LogP contribution in [0, 0.1) is 19.7 Å². The van der Waals surface area contributed by atoms with Crippen molar-refractivity contribution in [2.45, 2.75) is 32.8 Å². The van der Waals surface area contributed by atoms with E-state index in [0.717, 1.165) is 9.75 Å². The van der Waals surface area contributed by atoms with E-state index in [1.807, 2.05) is 19.9 Å². The lowest BCUT2D eigenvalue weighted by Gasteiger charge is -2.12. The fourth-order valence-corrected chi connectivity index (χ4v) is 3.34. The Labute approximate surface area is 144 Å². The molecule has 0 radical (unpaired) electrons. The summed E-state index contributed by atoms with van der Waals surface area (Å²) in [5.41, 5.74) is 1.07. The Morgan fingerprint density at radius 1 is 1.25 bits per heavy atom. The number of rotatable bonds is 7. The minimum absolute atomic E-state index is 0.0208. The molecule has 0 saturated carbocycles. The summed E-state index contributed by atoms with van der Waals surface area (Å²) in [5, 5.41) is 12.5. The van der Waals surface area contributed by atoms with Crippen molar-refractivity contribution in [2.24, 2.45) is 0 Å². The number of hydrogen-bond donors (Lipinski definition) is 2. The molecule has 1 aromatic carbocycles. The van der Waals surface area contributed by atoms with Crippen molar-refractivity contribution < 1.29 is 19.1 Å². The SMILES string of the molecule is Cc1cc(C(=O)CCC(=O)NC[C@@H](O)c2cccc(F)c2)c(C)s1. The van der Waals surface area contributed by atoms with Crippen LogP contribution in [0.5, 0.6) is 0 Å². The summed E-state index contributed by atoms with van der Waals surface area (Å²) in [6, 6.07) is 7.44. The normalized spacial score (nSPS) is 12.0. The third kappa shape index (κ3) is 4.97. The Morgan fingerprint density at radius 3 is 2.62 bits per heavy atom. The molecule has 128 valence electrons. The van der Waals surface area contributed by atoms with Crippen molar-refractivity contribution in [3.8, 4) is 0 Å². The molecule has 1 amide bonds. The van der Waals surface area contributed by atoms with Gasteiger partial charge in [-0.05, 0) is 37.6 Å². The molecule has 24 heavy (non-hydrogen) atoms. The van der Waals surface area contributed by atoms with Crippen LogP contribution in [0.1, 0.15) is 44.6 Å². The lowest BCUT2D eigenvalue weighted by Crippen LogP contribution is -2.28. The summed E-state index contributed by atoms with van der Waals surface area (Å²) in [6.07, 6.45) is -0.802. The number of nitrogens with one attached hydrogen (secondary N) is 1. The summed E-state index contributed by atoms with van der Waals surface area (Å²) in [7, 11) is 0. The van der Waals surface area contributed by atoms with Crippen molar-refractivity contribution in [3.05, 3.63) is 57.0 Å². The van der Waals surface area contributed by atoms with E-state index in [-0.39, 0.29) is 31.1 Å². The van der Waals surface area contributed by atoms with Crippen LogP contribution in [0.3, 0.4) is 0 Å². The summed E-state index contributed by atoms with van der Waals surface area (Å²) in [4.78, 5) is 26.0. The van der Waals surface area contributed by atoms with Gasteiger partial charge in [0, 0.05) is 34.7 Å². The van der Waals surface area contributed by atoms with E-state index in [2.05, 4.69) is 5.32 Å². The fraction of sp³-hybridized carbons (Fsp3) is 0.333. The number of aliphatic hydroxyl groups excluding tert-OH is 1. The number of Topliss-reactive ketones (excluding diaryl/α,β-unsaturated/α-hetero) is 1. The number of aryl methyl sites for hydroxylation is 2. The number of benzene rings is 1. The number of ketones is 1. The van der Waals surface area contributed by atoms with E-state index in [4.69, 9.17) is 0 Å². The highest BCUT2D eigenvalue weighted by Crippen LogP contribution is 2.22. The number of aliphatic hydroxyl groups is 1. The number of hydrogen-bond acceptors (Lipinski definition) is 4. The van der Waals surface area contributed by atoms with E-state index in [0.29, 0.717) is 11.1 Å². The lowest BCUT2D eigenvalue weighted by atomic mass is 10.1. The minimum Gasteiger partial charge on any atom is -0.387 e. The zero-order valence-corrected chi connectivity index (χ0v) is 14.5. The summed E-state index contributed by atoms with van der Waals surface area (Å²) >= 11 is 1.56. The quantitative estimate of drug-likeness (QED) is 0.754. The second-order valence-corrected chi connectivity index (χ2v) is 7.09. The van der Waals surface area contributed by atoms with Gasteiger partial charge in [-0.25, -0.2) is 4.39 Å². The van der Waals surface area contributed by atoms with Crippen molar-refractivity contribution in [1.82, 2.24) is 5.32 Å². The van der Waals surface area contributed by atoms with Gasteiger partial charge in [0.1, 0.15) is 5.82 Å². The van der Waals surface area contributed by atoms with Crippen molar-refractivity contribution >= 4 is 23.0 Å². The van der Waals surface area contributed by atoms with E-state index in [1.165, 1.54) is 18.2 Å². The minimum atomic E-state index is -0.984. The molecular weight excluding hydrogens is 329 g/mol. The third-order valence-electron chi connectivity index (χ3n) is 3.65. The third-order valence-corrected chi connectivity index (χ3v) is 4.61. The molecule has 4 nitrogen and oxygen atoms in total. The van der Waals surface area contributed by atoms with Crippen LogP contribution in [-0.2, 0) is 4.79 Å². The van der Waals surface area contributed by atoms with Crippen LogP contribution in [-0.4, -0.2) is 23.3 Å². The van der Waals surface area contributed by atoms with E-state index >= 15 is 0 Å². The molecule has 1 atom stereocenters. The molecule has 1 aromatic heterocycles. The topological polar surface area (TPSA) is 66.4 Å². The van der Waals surface area contributed by atoms with Gasteiger partial charge in [0.15, 0.2) is 5.78 Å². The maximum atomic E-state index is 13.1. The second-order valence-electron chi connectivity index (χ2n) is 5.62. The number of thiophene rings is 1. The molecule has 0 saturated heterocycles. The summed E-state index contributed by atoms with van der Waals surface area (Å²) in [5.74, 6) is -0.814. The Hall–Kier alpha value is -2.05. The molecule has 2 N–H and O–H groups in total. The highest BCUT2D eigenvalue weighted by Gasteiger charge is 2.15. The van der Waals surface area contributed by atoms with Gasteiger partial charge in [0.2, 0.25) is 5.91 Å². The summed E-state index contributed by atoms with van der Waals surface area (Å²) in [6.45, 7) is 3.81. The van der Waals surface area contributed by atoms with Crippen molar-refractivity contribution in [1.29, 1.82) is 0 Å². The molecule has 0 spiro atoms. The molecule has 2 rings (SSSR count). The maximum absolute atomic E-state index is 13.1. The summed E-state index contributed by atoms with van der Waals surface area (Å²) < 4.78 is 13.1. The van der Waals surface area contributed by atoms with Gasteiger partial charge >= 0.3 is 0 Å². The highest BCUT2D eigenvalue weighted by molar-refractivity contribution is 7.12. The predicted molar refractivity (Wildman–Crippen MR) is 91.7 cm³/mol. The predicted octanol–water partition coefficient (Wildman–Crippen LogP) is 3.32. The first-order valence-corrected chi connectivity index (χ1v) is 8.49. The van der Waals surface area contributed by atoms with Gasteiger partial charge in [0.25, 0.3) is 0 Å². The standard InChI is InChI=1S/C18H20FNO3S/c1-11-8-15(12(2)24-11)16(21)6-7-18(23)20-10-17(22)13-4-3-5-14(19)9-13/h3-5,8-9,17,22H,6-7,10H2,1-2H3,(H,20,23)/t17-/m1/s1. The van der Waals surface area contributed by atoms with Crippen LogP contribution < -0.4 is 5.32 Å². The van der Waals surface area contributed by atoms with Crippen LogP contribution in [0.4, 0.5) is 4.39 Å². The largest absolute Gasteiger partial charge is 0.387 e. The number of carbonyl (C=O) groups is 2. The van der Waals surface area contributed by atoms with Gasteiger partial charge < -0.3 is 10.4 Å². The number of carbonyl (C=O) groups excluding carboxylic acids is 2. The molecule has 0 unspecified atom stereocenters. The maximum Gasteiger partial charge on any atom is 0.220 e. The molecule has 0 aliphatic rings. The van der Waals surface area contributed by atoms with Gasteiger partial charge in [-0.3, -0.25) is 9.59 Å². The van der Waals surface area contributed by atoms with Crippen LogP contribution in [0.2, 0.25) is 0 Å². The van der Waals surface area contributed by atoms with Gasteiger partial charge in [-0.15, -0.1) is 11.3 Å². The first-order chi connectivity index (χ1) is 11.4. The van der Waals surface area contributed by atoms with E-state index in [9.17, 15) is 19.1 Å². The molecule has 1 heterocycles. The molecule has 6 heteroatoms. The van der Waals surface area contributed by atoms with E-state index < -0.39 is 11.9 Å². The average molecular weight is 349 g/mol. The Bertz CT molecular complexity index is 742. The van der Waals surface area contributed by atoms with Gasteiger partial charge in [0.05, 0.1) is 6.10 Å². The van der Waals surface area contributed by atoms with E-state index in [1.54, 1.807) is 17.4 Å². The first-order valence-electron chi connectivity index (χ1n) is 7.67. The first kappa shape index (κ1) is 18.3. The molecular formula is C18H20FNO3S.